The Balaban J connectivity index is 1.82. The van der Waals surface area contributed by atoms with Gasteiger partial charge in [-0.25, -0.2) is 0 Å². The number of methoxy groups -OCH3 is 2. The van der Waals surface area contributed by atoms with Gasteiger partial charge in [-0.05, 0) is 67.9 Å². The average molecular weight is 377 g/mol. The van der Waals surface area contributed by atoms with Crippen LogP contribution in [-0.2, 0) is 9.47 Å². The Morgan fingerprint density at radius 3 is 2.56 bits per heavy atom. The van der Waals surface area contributed by atoms with E-state index in [1.165, 1.54) is 5.57 Å². The molecule has 0 saturated heterocycles. The maximum atomic E-state index is 11.4. The van der Waals surface area contributed by atoms with Gasteiger partial charge in [0.15, 0.2) is 0 Å². The third kappa shape index (κ3) is 2.54. The van der Waals surface area contributed by atoms with E-state index in [2.05, 4.69) is 25.2 Å². The minimum absolute atomic E-state index is 0.0482. The Morgan fingerprint density at radius 2 is 1.93 bits per heavy atom. The molecule has 4 aliphatic carbocycles. The zero-order valence-corrected chi connectivity index (χ0v) is 17.4. The first-order valence-corrected chi connectivity index (χ1v) is 10.5. The second-order valence-electron chi connectivity index (χ2n) is 9.74. The van der Waals surface area contributed by atoms with Crippen molar-refractivity contribution >= 4 is 5.71 Å². The largest absolute Gasteiger partial charge is 0.393 e. The lowest BCUT2D eigenvalue weighted by molar-refractivity contribution is -0.131. The molecular weight excluding hydrogens is 340 g/mol. The van der Waals surface area contributed by atoms with Gasteiger partial charge in [-0.1, -0.05) is 19.9 Å². The molecule has 0 aromatic rings. The van der Waals surface area contributed by atoms with Crippen LogP contribution >= 0.6 is 0 Å². The molecule has 3 fully saturated rings. The van der Waals surface area contributed by atoms with E-state index < -0.39 is 0 Å². The maximum Gasteiger partial charge on any atom is 0.105 e. The maximum absolute atomic E-state index is 11.4. The summed E-state index contributed by atoms with van der Waals surface area (Å²) in [6, 6.07) is 0.205. The van der Waals surface area contributed by atoms with Crippen LogP contribution in [0.3, 0.4) is 0 Å². The zero-order valence-electron chi connectivity index (χ0n) is 17.4. The summed E-state index contributed by atoms with van der Waals surface area (Å²) in [5.74, 6) is 1.03. The van der Waals surface area contributed by atoms with Crippen LogP contribution in [0.5, 0.6) is 0 Å². The molecule has 4 aliphatic rings. The molecule has 152 valence electrons. The van der Waals surface area contributed by atoms with E-state index in [-0.39, 0.29) is 41.1 Å². The summed E-state index contributed by atoms with van der Waals surface area (Å²) in [5.41, 5.74) is 1.93. The molecule has 5 heteroatoms. The predicted molar refractivity (Wildman–Crippen MR) is 106 cm³/mol. The highest BCUT2D eigenvalue weighted by Crippen LogP contribution is 2.64. The molecule has 0 bridgehead atoms. The summed E-state index contributed by atoms with van der Waals surface area (Å²) >= 11 is 0. The molecule has 0 aliphatic heterocycles. The van der Waals surface area contributed by atoms with Gasteiger partial charge in [0.25, 0.3) is 0 Å². The van der Waals surface area contributed by atoms with Crippen molar-refractivity contribution in [1.29, 1.82) is 5.41 Å². The normalized spacial score (nSPS) is 52.0. The minimum Gasteiger partial charge on any atom is -0.393 e. The first-order chi connectivity index (χ1) is 12.8. The molecule has 0 amide bonds. The molecule has 3 saturated carbocycles. The van der Waals surface area contributed by atoms with Crippen LogP contribution < -0.4 is 5.32 Å². The van der Waals surface area contributed by atoms with Gasteiger partial charge in [0.05, 0.1) is 12.2 Å². The van der Waals surface area contributed by atoms with Crippen molar-refractivity contribution < 1.29 is 14.6 Å². The van der Waals surface area contributed by atoms with Crippen LogP contribution in [0.25, 0.3) is 0 Å². The number of likely N-dealkylation sites (N-methyl/N-ethyl adjacent to an activating group) is 1. The minimum atomic E-state index is -0.379. The lowest BCUT2D eigenvalue weighted by atomic mass is 9.45. The standard InChI is InChI=1S/C22H36N2O3/c1-21-9-8-16(26-4)20(27-5)13(21)10-14(24-3)18-12-6-7-17(23)22(12,2)11-15(25)19(18)21/h10,12,14-16,18-20,23-25H,6-9,11H2,1-5H3/t12?,14-,15-,16?,18?,19?,20?,21?,22?/m1/s1. The Kier molecular flexibility index (Phi) is 4.82. The monoisotopic (exact) mass is 376 g/mol. The number of hydrogen-bond acceptors (Lipinski definition) is 5. The van der Waals surface area contributed by atoms with E-state index in [1.807, 2.05) is 7.05 Å². The molecular formula is C22H36N2O3. The van der Waals surface area contributed by atoms with Crippen LogP contribution in [0.2, 0.25) is 0 Å². The van der Waals surface area contributed by atoms with Crippen molar-refractivity contribution in [2.24, 2.45) is 28.6 Å². The van der Waals surface area contributed by atoms with E-state index >= 15 is 0 Å². The zero-order chi connectivity index (χ0) is 19.6. The molecule has 0 heterocycles. The second-order valence-corrected chi connectivity index (χ2v) is 9.74. The number of rotatable bonds is 3. The van der Waals surface area contributed by atoms with E-state index in [9.17, 15) is 5.11 Å². The fraction of sp³-hybridized carbons (Fsp3) is 0.864. The molecule has 4 rings (SSSR count). The third-order valence-corrected chi connectivity index (χ3v) is 8.79. The van der Waals surface area contributed by atoms with Gasteiger partial charge in [-0.2, -0.15) is 0 Å². The molecule has 0 radical (unpaired) electrons. The highest BCUT2D eigenvalue weighted by Gasteiger charge is 2.63. The van der Waals surface area contributed by atoms with Crippen LogP contribution in [0.15, 0.2) is 11.6 Å². The molecule has 5 nitrogen and oxygen atoms in total. The summed E-state index contributed by atoms with van der Waals surface area (Å²) in [7, 11) is 5.57. The summed E-state index contributed by atoms with van der Waals surface area (Å²) in [5, 5.41) is 23.5. The fourth-order valence-corrected chi connectivity index (χ4v) is 7.42. The van der Waals surface area contributed by atoms with E-state index in [4.69, 9.17) is 14.9 Å². The number of ether oxygens (including phenoxy) is 2. The lowest BCUT2D eigenvalue weighted by Crippen LogP contribution is -2.63. The number of nitrogens with one attached hydrogen (secondary N) is 2. The van der Waals surface area contributed by atoms with Crippen molar-refractivity contribution in [3.8, 4) is 0 Å². The lowest BCUT2D eigenvalue weighted by Gasteiger charge is -2.61. The average Bonchev–Trinajstić information content (AvgIpc) is 2.94. The molecule has 0 aromatic heterocycles. The van der Waals surface area contributed by atoms with E-state index in [1.54, 1.807) is 14.2 Å². The molecule has 0 aromatic carbocycles. The Morgan fingerprint density at radius 1 is 1.19 bits per heavy atom. The van der Waals surface area contributed by atoms with Gasteiger partial charge in [0.2, 0.25) is 0 Å². The van der Waals surface area contributed by atoms with Crippen molar-refractivity contribution in [3.63, 3.8) is 0 Å². The van der Waals surface area contributed by atoms with E-state index in [0.717, 1.165) is 37.8 Å². The van der Waals surface area contributed by atoms with Crippen LogP contribution in [0, 0.1) is 34.0 Å². The Labute approximate surface area is 163 Å². The third-order valence-electron chi connectivity index (χ3n) is 8.79. The van der Waals surface area contributed by atoms with Gasteiger partial charge >= 0.3 is 0 Å². The quantitative estimate of drug-likeness (QED) is 0.662. The summed E-state index contributed by atoms with van der Waals surface area (Å²) in [4.78, 5) is 0. The number of fused-ring (bicyclic) bond motifs is 5. The fourth-order valence-electron chi connectivity index (χ4n) is 7.42. The summed E-state index contributed by atoms with van der Waals surface area (Å²) in [6.07, 6.45) is 6.71. The van der Waals surface area contributed by atoms with Gasteiger partial charge in [0, 0.05) is 31.4 Å². The highest BCUT2D eigenvalue weighted by atomic mass is 16.5. The first-order valence-electron chi connectivity index (χ1n) is 10.5. The molecule has 0 spiro atoms. The number of aliphatic hydroxyl groups is 1. The Hall–Kier alpha value is -0.750. The molecule has 9 atom stereocenters. The van der Waals surface area contributed by atoms with Gasteiger partial charge < -0.3 is 25.3 Å². The smallest absolute Gasteiger partial charge is 0.105 e. The highest BCUT2D eigenvalue weighted by molar-refractivity contribution is 5.89. The van der Waals surface area contributed by atoms with Crippen molar-refractivity contribution in [2.75, 3.05) is 21.3 Å². The second kappa shape index (κ2) is 6.65. The van der Waals surface area contributed by atoms with Crippen molar-refractivity contribution in [1.82, 2.24) is 5.32 Å². The number of aliphatic hydroxyl groups excluding tert-OH is 1. The Bertz CT molecular complexity index is 649. The van der Waals surface area contributed by atoms with Crippen molar-refractivity contribution in [2.45, 2.75) is 70.3 Å². The predicted octanol–water partition coefficient (Wildman–Crippen LogP) is 2.78. The van der Waals surface area contributed by atoms with Crippen LogP contribution in [-0.4, -0.2) is 56.4 Å². The number of hydrogen-bond donors (Lipinski definition) is 3. The van der Waals surface area contributed by atoms with Gasteiger partial charge in [0.1, 0.15) is 6.10 Å². The van der Waals surface area contributed by atoms with Gasteiger partial charge in [-0.3, -0.25) is 0 Å². The first kappa shape index (κ1) is 19.6. The van der Waals surface area contributed by atoms with Crippen LogP contribution in [0.1, 0.15) is 46.0 Å². The molecule has 3 N–H and O–H groups in total. The molecule has 7 unspecified atom stereocenters. The van der Waals surface area contributed by atoms with Crippen molar-refractivity contribution in [3.05, 3.63) is 11.6 Å². The summed E-state index contributed by atoms with van der Waals surface area (Å²) < 4.78 is 11.7. The van der Waals surface area contributed by atoms with Crippen LogP contribution in [0.4, 0.5) is 0 Å². The molecule has 27 heavy (non-hydrogen) atoms. The van der Waals surface area contributed by atoms with Gasteiger partial charge in [-0.15, -0.1) is 0 Å². The topological polar surface area (TPSA) is 74.6 Å². The SMILES string of the molecule is CN[C@@H]1C=C2C(OC)C(OC)CCC2(C)C2C1C1CCC(=N)C1(C)C[C@H]2O. The van der Waals surface area contributed by atoms with E-state index in [0.29, 0.717) is 11.8 Å². The summed E-state index contributed by atoms with van der Waals surface area (Å²) in [6.45, 7) is 4.56.